The maximum absolute atomic E-state index is 12.1. The second-order valence-corrected chi connectivity index (χ2v) is 5.86. The summed E-state index contributed by atoms with van der Waals surface area (Å²) in [5.41, 5.74) is 0.673. The average Bonchev–Trinajstić information content (AvgIpc) is 2.65. The van der Waals surface area contributed by atoms with Crippen molar-refractivity contribution in [2.24, 2.45) is 0 Å². The highest BCUT2D eigenvalue weighted by atomic mass is 16.6. The lowest BCUT2D eigenvalue weighted by atomic mass is 10.2. The summed E-state index contributed by atoms with van der Waals surface area (Å²) in [4.78, 5) is 35.9. The van der Waals surface area contributed by atoms with Crippen molar-refractivity contribution >= 4 is 23.9 Å². The molecule has 28 heavy (non-hydrogen) atoms. The lowest BCUT2D eigenvalue weighted by Crippen LogP contribution is -2.47. The van der Waals surface area contributed by atoms with Crippen molar-refractivity contribution in [2.45, 2.75) is 39.8 Å². The molecule has 0 saturated carbocycles. The van der Waals surface area contributed by atoms with E-state index in [1.54, 1.807) is 32.0 Å². The van der Waals surface area contributed by atoms with Crippen LogP contribution in [0.15, 0.2) is 24.3 Å². The van der Waals surface area contributed by atoms with Crippen molar-refractivity contribution in [3.05, 3.63) is 29.8 Å². The minimum absolute atomic E-state index is 0.0104. The van der Waals surface area contributed by atoms with Crippen LogP contribution in [0.25, 0.3) is 6.08 Å². The highest BCUT2D eigenvalue weighted by molar-refractivity contribution is 6.04. The van der Waals surface area contributed by atoms with Crippen LogP contribution >= 0.6 is 0 Å². The Kier molecular flexibility index (Phi) is 9.56. The Morgan fingerprint density at radius 3 is 2.14 bits per heavy atom. The predicted molar refractivity (Wildman–Crippen MR) is 103 cm³/mol. The van der Waals surface area contributed by atoms with Crippen LogP contribution in [0.3, 0.4) is 0 Å². The fourth-order valence-electron chi connectivity index (χ4n) is 2.17. The molecule has 154 valence electrons. The largest absolute Gasteiger partial charge is 0.493 e. The molecule has 0 saturated heterocycles. The van der Waals surface area contributed by atoms with Gasteiger partial charge in [0.05, 0.1) is 26.4 Å². The normalized spacial score (nSPS) is 10.8. The van der Waals surface area contributed by atoms with E-state index in [4.69, 9.17) is 18.9 Å². The Hall–Kier alpha value is -3.03. The van der Waals surface area contributed by atoms with Crippen LogP contribution < -0.4 is 14.8 Å². The minimum Gasteiger partial charge on any atom is -0.493 e. The lowest BCUT2D eigenvalue weighted by molar-refractivity contribution is -0.159. The third-order valence-electron chi connectivity index (χ3n) is 3.31. The van der Waals surface area contributed by atoms with Gasteiger partial charge >= 0.3 is 11.9 Å². The van der Waals surface area contributed by atoms with Crippen molar-refractivity contribution < 1.29 is 33.3 Å². The summed E-state index contributed by atoms with van der Waals surface area (Å²) in [6, 6.07) is 3.66. The zero-order valence-electron chi connectivity index (χ0n) is 16.8. The first-order valence-corrected chi connectivity index (χ1v) is 8.98. The predicted octanol–water partition coefficient (Wildman–Crippen LogP) is 2.11. The van der Waals surface area contributed by atoms with Gasteiger partial charge in [-0.3, -0.25) is 4.79 Å². The molecule has 1 N–H and O–H groups in total. The van der Waals surface area contributed by atoms with Gasteiger partial charge < -0.3 is 24.3 Å². The minimum atomic E-state index is -1.52. The van der Waals surface area contributed by atoms with E-state index in [2.05, 4.69) is 5.32 Å². The Bertz CT molecular complexity index is 695. The summed E-state index contributed by atoms with van der Waals surface area (Å²) in [6.07, 6.45) is 2.71. The summed E-state index contributed by atoms with van der Waals surface area (Å²) in [6.45, 7) is 7.15. The number of nitrogens with one attached hydrogen (secondary N) is 1. The van der Waals surface area contributed by atoms with Crippen LogP contribution in [0, 0.1) is 0 Å². The van der Waals surface area contributed by atoms with Gasteiger partial charge in [0, 0.05) is 6.08 Å². The summed E-state index contributed by atoms with van der Waals surface area (Å²) >= 11 is 0. The van der Waals surface area contributed by atoms with Gasteiger partial charge in [0.1, 0.15) is 0 Å². The number of carbonyl (C=O) groups excluding carboxylic acids is 3. The van der Waals surface area contributed by atoms with Crippen molar-refractivity contribution in [1.82, 2.24) is 5.32 Å². The van der Waals surface area contributed by atoms with Gasteiger partial charge in [-0.05, 0) is 51.5 Å². The monoisotopic (exact) mass is 393 g/mol. The smallest absolute Gasteiger partial charge is 0.340 e. The molecule has 1 aromatic carbocycles. The first-order valence-electron chi connectivity index (χ1n) is 8.98. The number of methoxy groups -OCH3 is 1. The molecule has 1 aromatic rings. The molecule has 0 aliphatic rings. The van der Waals surface area contributed by atoms with Crippen LogP contribution in [0.1, 0.15) is 33.3 Å². The van der Waals surface area contributed by atoms with Gasteiger partial charge in [-0.15, -0.1) is 0 Å². The molecule has 8 heteroatoms. The molecule has 0 radical (unpaired) electrons. The van der Waals surface area contributed by atoms with Crippen LogP contribution in [0.4, 0.5) is 0 Å². The van der Waals surface area contributed by atoms with Gasteiger partial charge in [0.25, 0.3) is 0 Å². The van der Waals surface area contributed by atoms with E-state index in [0.29, 0.717) is 17.1 Å². The molecule has 0 aliphatic heterocycles. The van der Waals surface area contributed by atoms with E-state index in [0.717, 1.165) is 0 Å². The molecular formula is C20H27NO7. The van der Waals surface area contributed by atoms with Crippen LogP contribution in [0.2, 0.25) is 0 Å². The molecule has 0 fully saturated rings. The number of ether oxygens (including phenoxy) is 4. The second-order valence-electron chi connectivity index (χ2n) is 5.86. The number of hydrogen-bond donors (Lipinski definition) is 1. The summed E-state index contributed by atoms with van der Waals surface area (Å²) < 4.78 is 20.5. The lowest BCUT2D eigenvalue weighted by Gasteiger charge is -2.15. The molecule has 0 aromatic heterocycles. The van der Waals surface area contributed by atoms with E-state index in [9.17, 15) is 14.4 Å². The van der Waals surface area contributed by atoms with Crippen molar-refractivity contribution in [1.29, 1.82) is 0 Å². The Morgan fingerprint density at radius 2 is 1.64 bits per heavy atom. The van der Waals surface area contributed by atoms with Gasteiger partial charge in [-0.1, -0.05) is 6.07 Å². The number of carbonyl (C=O) groups is 3. The molecule has 0 spiro atoms. The van der Waals surface area contributed by atoms with E-state index in [1.807, 2.05) is 13.8 Å². The number of rotatable bonds is 10. The molecule has 1 rings (SSSR count). The standard InChI is InChI=1S/C20H27NO7/c1-6-26-19(23)18(20(24)27-7-2)21-17(22)11-9-14-8-10-15(28-13(3)4)16(12-14)25-5/h8-13,18H,6-7H2,1-5H3,(H,21,22)/b11-9+. The van der Waals surface area contributed by atoms with Crippen LogP contribution in [-0.4, -0.2) is 50.3 Å². The third kappa shape index (κ3) is 7.30. The Labute approximate surface area is 164 Å². The van der Waals surface area contributed by atoms with Crippen molar-refractivity contribution in [2.75, 3.05) is 20.3 Å². The first-order chi connectivity index (χ1) is 13.3. The Balaban J connectivity index is 2.87. The molecule has 0 unspecified atom stereocenters. The maximum atomic E-state index is 12.1. The molecule has 1 amide bonds. The van der Waals surface area contributed by atoms with Crippen LogP contribution in [0.5, 0.6) is 11.5 Å². The third-order valence-corrected chi connectivity index (χ3v) is 3.31. The average molecular weight is 393 g/mol. The van der Waals surface area contributed by atoms with Gasteiger partial charge in [0.2, 0.25) is 11.9 Å². The number of esters is 2. The highest BCUT2D eigenvalue weighted by Crippen LogP contribution is 2.29. The summed E-state index contributed by atoms with van der Waals surface area (Å²) in [5.74, 6) is -1.29. The first kappa shape index (κ1) is 23.0. The zero-order chi connectivity index (χ0) is 21.1. The van der Waals surface area contributed by atoms with Crippen molar-refractivity contribution in [3.63, 3.8) is 0 Å². The summed E-state index contributed by atoms with van der Waals surface area (Å²) in [7, 11) is 1.52. The van der Waals surface area contributed by atoms with Crippen LogP contribution in [-0.2, 0) is 23.9 Å². The van der Waals surface area contributed by atoms with Gasteiger partial charge in [-0.25, -0.2) is 9.59 Å². The zero-order valence-corrected chi connectivity index (χ0v) is 16.8. The number of amides is 1. The molecule has 0 aliphatic carbocycles. The summed E-state index contributed by atoms with van der Waals surface area (Å²) in [5, 5.41) is 2.29. The maximum Gasteiger partial charge on any atom is 0.340 e. The second kappa shape index (κ2) is 11.6. The van der Waals surface area contributed by atoms with E-state index >= 15 is 0 Å². The molecule has 8 nitrogen and oxygen atoms in total. The SMILES string of the molecule is CCOC(=O)C(NC(=O)/C=C/c1ccc(OC(C)C)c(OC)c1)C(=O)OCC. The fourth-order valence-corrected chi connectivity index (χ4v) is 2.17. The van der Waals surface area contributed by atoms with E-state index in [1.165, 1.54) is 19.3 Å². The molecular weight excluding hydrogens is 366 g/mol. The van der Waals surface area contributed by atoms with E-state index < -0.39 is 23.9 Å². The molecule has 0 bridgehead atoms. The number of hydrogen-bond acceptors (Lipinski definition) is 7. The number of benzene rings is 1. The van der Waals surface area contributed by atoms with Gasteiger partial charge in [-0.2, -0.15) is 0 Å². The topological polar surface area (TPSA) is 100 Å². The quantitative estimate of drug-likeness (QED) is 0.369. The van der Waals surface area contributed by atoms with Gasteiger partial charge in [0.15, 0.2) is 11.5 Å². The highest BCUT2D eigenvalue weighted by Gasteiger charge is 2.30. The van der Waals surface area contributed by atoms with Crippen molar-refractivity contribution in [3.8, 4) is 11.5 Å². The Morgan fingerprint density at radius 1 is 1.04 bits per heavy atom. The molecule has 0 atom stereocenters. The fraction of sp³-hybridized carbons (Fsp3) is 0.450. The molecule has 0 heterocycles. The van der Waals surface area contributed by atoms with E-state index in [-0.39, 0.29) is 19.3 Å².